The molecule has 0 unspecified atom stereocenters. The number of anilines is 1. The third-order valence-corrected chi connectivity index (χ3v) is 2.60. The second-order valence-corrected chi connectivity index (χ2v) is 3.92. The third-order valence-electron chi connectivity index (χ3n) is 1.94. The molecule has 0 saturated carbocycles. The predicted molar refractivity (Wildman–Crippen MR) is 60.6 cm³/mol. The monoisotopic (exact) mass is 283 g/mol. The minimum absolute atomic E-state index is 0.305. The topological polar surface area (TPSA) is 57.8 Å². The maximum Gasteiger partial charge on any atom is 0.258 e. The molecule has 6 heteroatoms. The highest BCUT2D eigenvalue weighted by Gasteiger charge is 2.09. The quantitative estimate of drug-likeness (QED) is 0.890. The van der Waals surface area contributed by atoms with Gasteiger partial charge in [0.1, 0.15) is 5.82 Å². The minimum atomic E-state index is -0.367. The summed E-state index contributed by atoms with van der Waals surface area (Å²) < 4.78 is 13.3. The van der Waals surface area contributed by atoms with Gasteiger partial charge in [-0.1, -0.05) is 0 Å². The number of rotatable bonds is 2. The second kappa shape index (κ2) is 4.44. The molecule has 1 aromatic carbocycles. The Morgan fingerprint density at radius 1 is 1.50 bits per heavy atom. The number of carbonyl (C=O) groups is 1. The van der Waals surface area contributed by atoms with Crippen LogP contribution in [0.1, 0.15) is 10.4 Å². The Bertz CT molecular complexity index is 513. The molecule has 0 atom stereocenters. The average molecular weight is 284 g/mol. The maximum absolute atomic E-state index is 12.8. The molecule has 2 aromatic rings. The van der Waals surface area contributed by atoms with Gasteiger partial charge in [-0.05, 0) is 34.1 Å². The molecule has 1 heterocycles. The number of hydrogen-bond acceptors (Lipinski definition) is 2. The number of amides is 1. The molecular formula is C10H7BrFN3O. The van der Waals surface area contributed by atoms with Gasteiger partial charge in [0.2, 0.25) is 0 Å². The maximum atomic E-state index is 12.8. The van der Waals surface area contributed by atoms with E-state index in [1.54, 1.807) is 0 Å². The number of aromatic nitrogens is 2. The van der Waals surface area contributed by atoms with Crippen molar-refractivity contribution in [2.75, 3.05) is 5.32 Å². The molecule has 0 spiro atoms. The van der Waals surface area contributed by atoms with Crippen molar-refractivity contribution in [1.29, 1.82) is 0 Å². The van der Waals surface area contributed by atoms with Crippen molar-refractivity contribution < 1.29 is 9.18 Å². The number of benzene rings is 1. The SMILES string of the molecule is O=C(Nc1ccc(F)cc1Br)c1cn[nH]c1. The zero-order chi connectivity index (χ0) is 11.5. The first-order chi connectivity index (χ1) is 7.66. The van der Waals surface area contributed by atoms with Crippen molar-refractivity contribution in [2.24, 2.45) is 0 Å². The Morgan fingerprint density at radius 2 is 2.31 bits per heavy atom. The lowest BCUT2D eigenvalue weighted by Crippen LogP contribution is -2.11. The molecule has 1 amide bonds. The molecule has 2 N–H and O–H groups in total. The van der Waals surface area contributed by atoms with Gasteiger partial charge in [-0.3, -0.25) is 9.89 Å². The summed E-state index contributed by atoms with van der Waals surface area (Å²) in [5, 5.41) is 8.83. The van der Waals surface area contributed by atoms with Crippen molar-refractivity contribution in [2.45, 2.75) is 0 Å². The molecular weight excluding hydrogens is 277 g/mol. The molecule has 0 aliphatic rings. The Morgan fingerprint density at radius 3 is 2.94 bits per heavy atom. The Balaban J connectivity index is 2.18. The van der Waals surface area contributed by atoms with Crippen LogP contribution in [0.5, 0.6) is 0 Å². The van der Waals surface area contributed by atoms with Gasteiger partial charge in [0.15, 0.2) is 0 Å². The van der Waals surface area contributed by atoms with Crippen LogP contribution < -0.4 is 5.32 Å². The van der Waals surface area contributed by atoms with Crippen LogP contribution in [0.15, 0.2) is 35.1 Å². The minimum Gasteiger partial charge on any atom is -0.321 e. The number of carbonyl (C=O) groups excluding carboxylic acids is 1. The number of aromatic amines is 1. The molecule has 0 aliphatic carbocycles. The van der Waals surface area contributed by atoms with Crippen LogP contribution in [0, 0.1) is 5.82 Å². The standard InChI is InChI=1S/C10H7BrFN3O/c11-8-3-7(12)1-2-9(8)15-10(16)6-4-13-14-5-6/h1-5H,(H,13,14)(H,15,16). The highest BCUT2D eigenvalue weighted by atomic mass is 79.9. The van der Waals surface area contributed by atoms with Gasteiger partial charge in [0.25, 0.3) is 5.91 Å². The normalized spacial score (nSPS) is 10.1. The summed E-state index contributed by atoms with van der Waals surface area (Å²) in [6.45, 7) is 0. The summed E-state index contributed by atoms with van der Waals surface area (Å²) in [7, 11) is 0. The number of halogens is 2. The zero-order valence-electron chi connectivity index (χ0n) is 8.00. The summed E-state index contributed by atoms with van der Waals surface area (Å²) in [5.41, 5.74) is 0.920. The van der Waals surface area contributed by atoms with E-state index < -0.39 is 0 Å². The summed E-state index contributed by atoms with van der Waals surface area (Å²) in [6, 6.07) is 4.04. The van der Waals surface area contributed by atoms with Crippen molar-refractivity contribution >= 4 is 27.5 Å². The summed E-state index contributed by atoms with van der Waals surface area (Å²) >= 11 is 3.16. The Hall–Kier alpha value is -1.69. The highest BCUT2D eigenvalue weighted by molar-refractivity contribution is 9.10. The Kier molecular flexibility index (Phi) is 3.00. The van der Waals surface area contributed by atoms with Crippen LogP contribution in [0.3, 0.4) is 0 Å². The smallest absolute Gasteiger partial charge is 0.258 e. The molecule has 1 aromatic heterocycles. The first kappa shape index (κ1) is 10.8. The third kappa shape index (κ3) is 2.27. The largest absolute Gasteiger partial charge is 0.321 e. The van der Waals surface area contributed by atoms with Gasteiger partial charge in [0.05, 0.1) is 17.4 Å². The molecule has 16 heavy (non-hydrogen) atoms. The van der Waals surface area contributed by atoms with Crippen molar-refractivity contribution in [3.8, 4) is 0 Å². The van der Waals surface area contributed by atoms with Crippen LogP contribution in [0.25, 0.3) is 0 Å². The van der Waals surface area contributed by atoms with Gasteiger partial charge >= 0.3 is 0 Å². The first-order valence-corrected chi connectivity index (χ1v) is 5.21. The molecule has 0 saturated heterocycles. The molecule has 0 fully saturated rings. The highest BCUT2D eigenvalue weighted by Crippen LogP contribution is 2.23. The van der Waals surface area contributed by atoms with Crippen LogP contribution in [-0.4, -0.2) is 16.1 Å². The summed E-state index contributed by atoms with van der Waals surface area (Å²) in [4.78, 5) is 11.6. The molecule has 4 nitrogen and oxygen atoms in total. The van der Waals surface area contributed by atoms with Gasteiger partial charge in [0, 0.05) is 10.7 Å². The van der Waals surface area contributed by atoms with Crippen LogP contribution >= 0.6 is 15.9 Å². The fourth-order valence-electron chi connectivity index (χ4n) is 1.16. The number of H-pyrrole nitrogens is 1. The van der Waals surface area contributed by atoms with Crippen molar-refractivity contribution in [3.63, 3.8) is 0 Å². The van der Waals surface area contributed by atoms with E-state index in [-0.39, 0.29) is 11.7 Å². The molecule has 2 rings (SSSR count). The van der Waals surface area contributed by atoms with E-state index in [1.165, 1.54) is 30.6 Å². The molecule has 0 bridgehead atoms. The van der Waals surface area contributed by atoms with Gasteiger partial charge < -0.3 is 5.32 Å². The predicted octanol–water partition coefficient (Wildman–Crippen LogP) is 2.56. The van der Waals surface area contributed by atoms with Gasteiger partial charge in [-0.15, -0.1) is 0 Å². The number of hydrogen-bond donors (Lipinski definition) is 2. The van der Waals surface area contributed by atoms with E-state index in [2.05, 4.69) is 31.4 Å². The first-order valence-electron chi connectivity index (χ1n) is 4.42. The molecule has 0 radical (unpaired) electrons. The lowest BCUT2D eigenvalue weighted by Gasteiger charge is -2.05. The second-order valence-electron chi connectivity index (χ2n) is 3.07. The van der Waals surface area contributed by atoms with E-state index in [4.69, 9.17) is 0 Å². The number of nitrogens with zero attached hydrogens (tertiary/aromatic N) is 1. The summed E-state index contributed by atoms with van der Waals surface area (Å²) in [5.74, 6) is -0.672. The molecule has 0 aliphatic heterocycles. The van der Waals surface area contributed by atoms with E-state index >= 15 is 0 Å². The fourth-order valence-corrected chi connectivity index (χ4v) is 1.61. The van der Waals surface area contributed by atoms with Crippen LogP contribution in [0.2, 0.25) is 0 Å². The zero-order valence-corrected chi connectivity index (χ0v) is 9.58. The van der Waals surface area contributed by atoms with E-state index in [1.807, 2.05) is 0 Å². The van der Waals surface area contributed by atoms with Gasteiger partial charge in [-0.2, -0.15) is 5.10 Å². The fraction of sp³-hybridized carbons (Fsp3) is 0. The van der Waals surface area contributed by atoms with Crippen LogP contribution in [0.4, 0.5) is 10.1 Å². The lowest BCUT2D eigenvalue weighted by atomic mass is 10.3. The van der Waals surface area contributed by atoms with Crippen molar-refractivity contribution in [3.05, 3.63) is 46.4 Å². The molecule has 82 valence electrons. The van der Waals surface area contributed by atoms with E-state index in [9.17, 15) is 9.18 Å². The van der Waals surface area contributed by atoms with Crippen molar-refractivity contribution in [1.82, 2.24) is 10.2 Å². The van der Waals surface area contributed by atoms with Gasteiger partial charge in [-0.25, -0.2) is 4.39 Å². The Labute approximate surface area is 99.0 Å². The number of nitrogens with one attached hydrogen (secondary N) is 2. The van der Waals surface area contributed by atoms with E-state index in [0.717, 1.165) is 0 Å². The lowest BCUT2D eigenvalue weighted by molar-refractivity contribution is 0.102. The van der Waals surface area contributed by atoms with Crippen LogP contribution in [-0.2, 0) is 0 Å². The average Bonchev–Trinajstić information content (AvgIpc) is 2.75. The summed E-state index contributed by atoms with van der Waals surface area (Å²) in [6.07, 6.45) is 2.89. The van der Waals surface area contributed by atoms with E-state index in [0.29, 0.717) is 15.7 Å².